The van der Waals surface area contributed by atoms with Crippen molar-refractivity contribution < 1.29 is 8.42 Å². The van der Waals surface area contributed by atoms with Crippen molar-refractivity contribution in [2.24, 2.45) is 0 Å². The third-order valence-corrected chi connectivity index (χ3v) is 6.29. The fourth-order valence-electron chi connectivity index (χ4n) is 2.61. The molecule has 0 saturated carbocycles. The summed E-state index contributed by atoms with van der Waals surface area (Å²) < 4.78 is 28.0. The van der Waals surface area contributed by atoms with Crippen molar-refractivity contribution >= 4 is 10.0 Å². The lowest BCUT2D eigenvalue weighted by atomic mass is 9.99. The predicted octanol–water partition coefficient (Wildman–Crippen LogP) is 4.86. The second-order valence-corrected chi connectivity index (χ2v) is 8.28. The summed E-state index contributed by atoms with van der Waals surface area (Å²) in [6.45, 7) is 10.2. The smallest absolute Gasteiger partial charge is 0.207 e. The van der Waals surface area contributed by atoms with Gasteiger partial charge in [0.2, 0.25) is 10.0 Å². The van der Waals surface area contributed by atoms with Crippen molar-refractivity contribution in [1.29, 1.82) is 0 Å². The van der Waals surface area contributed by atoms with Gasteiger partial charge in [-0.3, -0.25) is 0 Å². The Hall–Kier alpha value is -1.65. The summed E-state index contributed by atoms with van der Waals surface area (Å²) in [4.78, 5) is 0.310. The Bertz CT molecular complexity index is 795. The number of sulfonamides is 1. The average molecular weight is 346 g/mol. The molecule has 2 atom stereocenters. The Balaban J connectivity index is 2.19. The molecular weight excluding hydrogens is 318 g/mol. The van der Waals surface area contributed by atoms with E-state index in [9.17, 15) is 8.42 Å². The fourth-order valence-corrected chi connectivity index (χ4v) is 3.85. The van der Waals surface area contributed by atoms with Gasteiger partial charge in [0.25, 0.3) is 0 Å². The average Bonchev–Trinajstić information content (AvgIpc) is 2.56. The van der Waals surface area contributed by atoms with Crippen LogP contribution in [0.15, 0.2) is 47.4 Å². The molecule has 0 bridgehead atoms. The van der Waals surface area contributed by atoms with Crippen LogP contribution in [0.5, 0.6) is 0 Å². The molecule has 130 valence electrons. The van der Waals surface area contributed by atoms with Gasteiger partial charge in [-0.25, -0.2) is 13.1 Å². The molecule has 0 saturated heterocycles. The normalized spacial score (nSPS) is 14.4. The monoisotopic (exact) mass is 345 g/mol. The maximum Gasteiger partial charge on any atom is 0.241 e. The van der Waals surface area contributed by atoms with Crippen molar-refractivity contribution in [3.63, 3.8) is 0 Å². The quantitative estimate of drug-likeness (QED) is 0.813. The van der Waals surface area contributed by atoms with Gasteiger partial charge in [-0.15, -0.1) is 0 Å². The van der Waals surface area contributed by atoms with Gasteiger partial charge in [-0.1, -0.05) is 44.2 Å². The third-order valence-electron chi connectivity index (χ3n) is 4.73. The van der Waals surface area contributed by atoms with E-state index in [2.05, 4.69) is 18.6 Å². The molecule has 0 spiro atoms. The van der Waals surface area contributed by atoms with Gasteiger partial charge < -0.3 is 0 Å². The number of hydrogen-bond acceptors (Lipinski definition) is 2. The van der Waals surface area contributed by atoms with E-state index in [0.29, 0.717) is 10.8 Å². The van der Waals surface area contributed by atoms with Crippen LogP contribution in [0.4, 0.5) is 0 Å². The SMILES string of the molecule is CCC(C)c1ccc(S(=O)(=O)NC(C)c2ccc(C)c(C)c2)cc1. The Morgan fingerprint density at radius 1 is 0.917 bits per heavy atom. The first-order valence-electron chi connectivity index (χ1n) is 8.44. The van der Waals surface area contributed by atoms with Crippen molar-refractivity contribution in [3.8, 4) is 0 Å². The topological polar surface area (TPSA) is 46.2 Å². The molecule has 0 aliphatic carbocycles. The summed E-state index contributed by atoms with van der Waals surface area (Å²) in [7, 11) is -3.53. The highest BCUT2D eigenvalue weighted by Crippen LogP contribution is 2.22. The molecule has 1 N–H and O–H groups in total. The fraction of sp³-hybridized carbons (Fsp3) is 0.400. The predicted molar refractivity (Wildman–Crippen MR) is 99.8 cm³/mol. The molecule has 3 nitrogen and oxygen atoms in total. The van der Waals surface area contributed by atoms with Gasteiger partial charge in [0.05, 0.1) is 4.90 Å². The van der Waals surface area contributed by atoms with E-state index in [1.54, 1.807) is 12.1 Å². The maximum absolute atomic E-state index is 12.6. The summed E-state index contributed by atoms with van der Waals surface area (Å²) in [6.07, 6.45) is 1.04. The Labute approximate surface area is 146 Å². The highest BCUT2D eigenvalue weighted by Gasteiger charge is 2.19. The molecule has 4 heteroatoms. The number of nitrogens with one attached hydrogen (secondary N) is 1. The van der Waals surface area contributed by atoms with Crippen LogP contribution >= 0.6 is 0 Å². The summed E-state index contributed by atoms with van der Waals surface area (Å²) in [5, 5.41) is 0. The van der Waals surface area contributed by atoms with Crippen LogP contribution in [0.2, 0.25) is 0 Å². The lowest BCUT2D eigenvalue weighted by Gasteiger charge is -2.16. The number of aryl methyl sites for hydroxylation is 2. The molecule has 0 aliphatic heterocycles. The van der Waals surface area contributed by atoms with Crippen LogP contribution in [0.1, 0.15) is 61.4 Å². The minimum absolute atomic E-state index is 0.274. The minimum Gasteiger partial charge on any atom is -0.207 e. The second-order valence-electron chi connectivity index (χ2n) is 6.57. The molecule has 0 heterocycles. The number of rotatable bonds is 6. The van der Waals surface area contributed by atoms with E-state index in [1.165, 1.54) is 11.1 Å². The first kappa shape index (κ1) is 18.7. The van der Waals surface area contributed by atoms with Crippen molar-refractivity contribution in [1.82, 2.24) is 4.72 Å². The van der Waals surface area contributed by atoms with Gasteiger partial charge in [0.1, 0.15) is 0 Å². The highest BCUT2D eigenvalue weighted by molar-refractivity contribution is 7.89. The number of benzene rings is 2. The van der Waals surface area contributed by atoms with E-state index in [-0.39, 0.29) is 6.04 Å². The van der Waals surface area contributed by atoms with Crippen molar-refractivity contribution in [3.05, 3.63) is 64.7 Å². The summed E-state index contributed by atoms with van der Waals surface area (Å²) in [5.74, 6) is 0.434. The Kier molecular flexibility index (Phi) is 5.83. The zero-order chi connectivity index (χ0) is 17.9. The zero-order valence-electron chi connectivity index (χ0n) is 15.1. The van der Waals surface area contributed by atoms with Gasteiger partial charge in [-0.05, 0) is 67.5 Å². The van der Waals surface area contributed by atoms with Gasteiger partial charge in [0, 0.05) is 6.04 Å². The van der Waals surface area contributed by atoms with E-state index in [1.807, 2.05) is 51.1 Å². The van der Waals surface area contributed by atoms with Crippen LogP contribution < -0.4 is 4.72 Å². The second kappa shape index (κ2) is 7.49. The lowest BCUT2D eigenvalue weighted by molar-refractivity contribution is 0.566. The molecule has 2 aromatic rings. The first-order valence-corrected chi connectivity index (χ1v) is 9.92. The molecule has 0 amide bonds. The largest absolute Gasteiger partial charge is 0.241 e. The number of hydrogen-bond donors (Lipinski definition) is 1. The molecule has 0 fully saturated rings. The van der Waals surface area contributed by atoms with Crippen molar-refractivity contribution in [2.45, 2.75) is 57.9 Å². The molecule has 2 rings (SSSR count). The van der Waals surface area contributed by atoms with Gasteiger partial charge in [-0.2, -0.15) is 0 Å². The van der Waals surface area contributed by atoms with Crippen LogP contribution in [-0.2, 0) is 10.0 Å². The van der Waals surface area contributed by atoms with E-state index >= 15 is 0 Å². The van der Waals surface area contributed by atoms with Crippen LogP contribution in [0, 0.1) is 13.8 Å². The molecule has 0 aliphatic rings. The first-order chi connectivity index (χ1) is 11.2. The van der Waals surface area contributed by atoms with E-state index in [0.717, 1.165) is 17.5 Å². The molecule has 2 aromatic carbocycles. The molecule has 24 heavy (non-hydrogen) atoms. The summed E-state index contributed by atoms with van der Waals surface area (Å²) >= 11 is 0. The third kappa shape index (κ3) is 4.25. The van der Waals surface area contributed by atoms with Crippen LogP contribution in [-0.4, -0.2) is 8.42 Å². The standard InChI is InChI=1S/C20H27NO2S/c1-6-14(2)18-9-11-20(12-10-18)24(22,23)21-17(5)19-8-7-15(3)16(4)13-19/h7-14,17,21H,6H2,1-5H3. The minimum atomic E-state index is -3.53. The molecular formula is C20H27NO2S. The summed E-state index contributed by atoms with van der Waals surface area (Å²) in [5.41, 5.74) is 4.50. The Morgan fingerprint density at radius 2 is 1.50 bits per heavy atom. The summed E-state index contributed by atoms with van der Waals surface area (Å²) in [6, 6.07) is 13.0. The van der Waals surface area contributed by atoms with Gasteiger partial charge >= 0.3 is 0 Å². The van der Waals surface area contributed by atoms with Crippen LogP contribution in [0.3, 0.4) is 0 Å². The Morgan fingerprint density at radius 3 is 2.04 bits per heavy atom. The zero-order valence-corrected chi connectivity index (χ0v) is 15.9. The van der Waals surface area contributed by atoms with Crippen LogP contribution in [0.25, 0.3) is 0 Å². The highest BCUT2D eigenvalue weighted by atomic mass is 32.2. The van der Waals surface area contributed by atoms with Crippen molar-refractivity contribution in [2.75, 3.05) is 0 Å². The van der Waals surface area contributed by atoms with E-state index in [4.69, 9.17) is 0 Å². The maximum atomic E-state index is 12.6. The van der Waals surface area contributed by atoms with E-state index < -0.39 is 10.0 Å². The molecule has 0 radical (unpaired) electrons. The molecule has 0 aromatic heterocycles. The lowest BCUT2D eigenvalue weighted by Crippen LogP contribution is -2.27. The van der Waals surface area contributed by atoms with Gasteiger partial charge in [0.15, 0.2) is 0 Å². The molecule has 2 unspecified atom stereocenters.